The van der Waals surface area contributed by atoms with Crippen LogP contribution in [0.1, 0.15) is 109 Å². The quantitative estimate of drug-likeness (QED) is 0.0228. The van der Waals surface area contributed by atoms with E-state index in [1.54, 1.807) is 29.7 Å². The molecule has 0 spiro atoms. The summed E-state index contributed by atoms with van der Waals surface area (Å²) < 4.78 is 0. The Morgan fingerprint density at radius 1 is 0.773 bits per heavy atom. The van der Waals surface area contributed by atoms with Crippen LogP contribution in [0.2, 0.25) is 0 Å². The average molecular weight is 943 g/mol. The Morgan fingerprint density at radius 3 is 2.18 bits per heavy atom. The van der Waals surface area contributed by atoms with Gasteiger partial charge in [-0.15, -0.1) is 0 Å². The number of hydrogen-bond donors (Lipinski definition) is 11. The van der Waals surface area contributed by atoms with Gasteiger partial charge in [-0.1, -0.05) is 76.3 Å². The van der Waals surface area contributed by atoms with Crippen molar-refractivity contribution in [3.8, 4) is 0 Å². The third-order valence-corrected chi connectivity index (χ3v) is 13.7. The lowest BCUT2D eigenvalue weighted by molar-refractivity contribution is -0.137. The summed E-state index contributed by atoms with van der Waals surface area (Å²) in [5.41, 5.74) is 7.85. The molecule has 2 heterocycles. The minimum absolute atomic E-state index is 0.0710. The van der Waals surface area contributed by atoms with Gasteiger partial charge in [0.05, 0.1) is 25.2 Å². The molecule has 7 atom stereocenters. The molecule has 1 unspecified atom stereocenters. The smallest absolute Gasteiger partial charge is 0.315 e. The van der Waals surface area contributed by atoms with E-state index in [0.29, 0.717) is 37.5 Å². The van der Waals surface area contributed by atoms with Crippen LogP contribution in [0.3, 0.4) is 0 Å². The van der Waals surface area contributed by atoms with Crippen LogP contribution >= 0.6 is 11.8 Å². The molecule has 1 aliphatic carbocycles. The molecule has 3 aliphatic rings. The second kappa shape index (κ2) is 27.9. The molecule has 12 N–H and O–H groups in total. The highest BCUT2D eigenvalue weighted by Gasteiger charge is 2.42. The van der Waals surface area contributed by atoms with Crippen molar-refractivity contribution >= 4 is 65.1 Å². The normalized spacial score (nSPS) is 19.5. The molecule has 21 heteroatoms. The summed E-state index contributed by atoms with van der Waals surface area (Å²) in [5, 5.41) is 31.3. The van der Waals surface area contributed by atoms with Gasteiger partial charge in [-0.05, 0) is 62.3 Å². The molecule has 2 aliphatic heterocycles. The fraction of sp³-hybridized carbons (Fsp3) is 0.667. The first kappa shape index (κ1) is 53.2. The molecule has 1 saturated carbocycles. The Balaban J connectivity index is 1.18. The highest BCUT2D eigenvalue weighted by Crippen LogP contribution is 2.33. The molecule has 3 fully saturated rings. The van der Waals surface area contributed by atoms with Crippen LogP contribution < -0.4 is 53.7 Å². The maximum atomic E-state index is 13.9. The van der Waals surface area contributed by atoms with E-state index < -0.39 is 78.5 Å². The molecule has 1 aromatic carbocycles. The van der Waals surface area contributed by atoms with Gasteiger partial charge in [0, 0.05) is 42.7 Å². The summed E-state index contributed by atoms with van der Waals surface area (Å²) in [6, 6.07) is 5.94. The zero-order valence-corrected chi connectivity index (χ0v) is 38.9. The Kier molecular flexibility index (Phi) is 22.5. The third-order valence-electron chi connectivity index (χ3n) is 12.1. The number of carbonyl (C=O) groups excluding carboxylic acids is 9. The number of thioether (sulfide) groups is 1. The van der Waals surface area contributed by atoms with Gasteiger partial charge in [-0.2, -0.15) is 11.8 Å². The van der Waals surface area contributed by atoms with Gasteiger partial charge in [0.15, 0.2) is 0 Å². The van der Waals surface area contributed by atoms with Crippen LogP contribution in [0, 0.1) is 17.8 Å². The van der Waals surface area contributed by atoms with Gasteiger partial charge in [0.2, 0.25) is 47.3 Å². The van der Waals surface area contributed by atoms with Crippen molar-refractivity contribution in [1.82, 2.24) is 48.0 Å². The SMILES string of the molecule is CC(C)C[C@H](NC(=O)[C@H](Cc1ccccc1)NC(=O)C(CC(=O)NO)CC1CCCC1)C(=O)NCC(=O)NCC(=O)N[C@@H](CCCCNC(=O)CCCC[C@@H]1SC[C@@H]2NC(=O)N[C@@H]21)C(N)=O. The molecule has 66 heavy (non-hydrogen) atoms. The highest BCUT2D eigenvalue weighted by molar-refractivity contribution is 8.00. The lowest BCUT2D eigenvalue weighted by Crippen LogP contribution is -2.56. The molecule has 366 valence electrons. The molecule has 1 aromatic rings. The van der Waals surface area contributed by atoms with Gasteiger partial charge in [-0.3, -0.25) is 43.6 Å². The number of nitrogens with two attached hydrogens (primary N) is 1. The summed E-state index contributed by atoms with van der Waals surface area (Å²) in [6.45, 7) is 3.06. The van der Waals surface area contributed by atoms with E-state index in [9.17, 15) is 48.4 Å². The maximum absolute atomic E-state index is 13.9. The van der Waals surface area contributed by atoms with E-state index >= 15 is 0 Å². The zero-order valence-electron chi connectivity index (χ0n) is 38.1. The van der Waals surface area contributed by atoms with Crippen LogP contribution in [-0.2, 0) is 44.8 Å². The monoisotopic (exact) mass is 942 g/mol. The summed E-state index contributed by atoms with van der Waals surface area (Å²) in [7, 11) is 0. The van der Waals surface area contributed by atoms with Crippen LogP contribution in [0.15, 0.2) is 30.3 Å². The van der Waals surface area contributed by atoms with E-state index in [-0.39, 0.29) is 61.5 Å². The minimum Gasteiger partial charge on any atom is -0.368 e. The van der Waals surface area contributed by atoms with E-state index in [2.05, 4.69) is 42.5 Å². The molecular formula is C45H70N10O10S. The van der Waals surface area contributed by atoms with Crippen molar-refractivity contribution in [2.24, 2.45) is 23.5 Å². The van der Waals surface area contributed by atoms with Gasteiger partial charge >= 0.3 is 6.03 Å². The highest BCUT2D eigenvalue weighted by atomic mass is 32.2. The second-order valence-corrected chi connectivity index (χ2v) is 19.3. The first-order valence-electron chi connectivity index (χ1n) is 23.3. The summed E-state index contributed by atoms with van der Waals surface area (Å²) >= 11 is 1.84. The number of primary amides is 1. The number of unbranched alkanes of at least 4 members (excludes halogenated alkanes) is 2. The van der Waals surface area contributed by atoms with E-state index in [1.165, 1.54) is 0 Å². The molecule has 2 saturated heterocycles. The molecule has 10 amide bonds. The fourth-order valence-electron chi connectivity index (χ4n) is 8.65. The number of fused-ring (bicyclic) bond motifs is 1. The second-order valence-electron chi connectivity index (χ2n) is 18.0. The van der Waals surface area contributed by atoms with Gasteiger partial charge in [0.25, 0.3) is 0 Å². The van der Waals surface area contributed by atoms with Crippen molar-refractivity contribution in [2.45, 2.75) is 146 Å². The largest absolute Gasteiger partial charge is 0.368 e. The first-order chi connectivity index (χ1) is 31.6. The van der Waals surface area contributed by atoms with Crippen LogP contribution in [0.5, 0.6) is 0 Å². The van der Waals surface area contributed by atoms with Crippen molar-refractivity contribution in [2.75, 3.05) is 25.4 Å². The van der Waals surface area contributed by atoms with Crippen LogP contribution in [-0.4, -0.2) is 119 Å². The minimum atomic E-state index is -1.13. The fourth-order valence-corrected chi connectivity index (χ4v) is 10.2. The van der Waals surface area contributed by atoms with E-state index in [1.807, 2.05) is 31.7 Å². The van der Waals surface area contributed by atoms with Gasteiger partial charge in [0.1, 0.15) is 18.1 Å². The Morgan fingerprint density at radius 2 is 1.48 bits per heavy atom. The van der Waals surface area contributed by atoms with E-state index in [0.717, 1.165) is 56.3 Å². The summed E-state index contributed by atoms with van der Waals surface area (Å²) in [4.78, 5) is 115. The maximum Gasteiger partial charge on any atom is 0.315 e. The molecule has 0 bridgehead atoms. The number of benzene rings is 1. The number of hydrogen-bond acceptors (Lipinski definition) is 11. The van der Waals surface area contributed by atoms with E-state index in [4.69, 9.17) is 5.73 Å². The first-order valence-corrected chi connectivity index (χ1v) is 24.3. The lowest BCUT2D eigenvalue weighted by atomic mass is 9.89. The summed E-state index contributed by atoms with van der Waals surface area (Å²) in [5.74, 6) is -4.51. The molecule has 0 radical (unpaired) electrons. The number of urea groups is 1. The van der Waals surface area contributed by atoms with Crippen molar-refractivity contribution in [3.05, 3.63) is 35.9 Å². The number of rotatable bonds is 29. The van der Waals surface area contributed by atoms with Crippen molar-refractivity contribution in [1.29, 1.82) is 0 Å². The average Bonchev–Trinajstić information content (AvgIpc) is 4.03. The molecule has 20 nitrogen and oxygen atoms in total. The zero-order chi connectivity index (χ0) is 48.0. The lowest BCUT2D eigenvalue weighted by Gasteiger charge is -2.26. The predicted molar refractivity (Wildman–Crippen MR) is 246 cm³/mol. The van der Waals surface area contributed by atoms with Gasteiger partial charge in [-0.25, -0.2) is 10.3 Å². The molecular weight excluding hydrogens is 873 g/mol. The van der Waals surface area contributed by atoms with Crippen LogP contribution in [0.25, 0.3) is 0 Å². The number of hydroxylamine groups is 1. The summed E-state index contributed by atoms with van der Waals surface area (Å²) in [6.07, 6.45) is 8.46. The number of amides is 10. The Bertz CT molecular complexity index is 1820. The number of carbonyl (C=O) groups is 9. The van der Waals surface area contributed by atoms with Gasteiger partial charge < -0.3 is 48.3 Å². The Labute approximate surface area is 390 Å². The topological polar surface area (TPSA) is 308 Å². The standard InChI is InChI=1S/C45H70N10O10S/c1-27(2)20-32(52-44(63)33(22-29-12-4-3-5-13-29)51-42(61)30(23-37(57)55-65)21-28-14-6-7-15-28)43(62)49-24-38(58)48-25-39(59)50-31(41(46)60)16-10-11-19-47-36(56)18-9-8-17-35-40-34(26-66-35)53-45(64)54-40/h3-5,12-13,27-28,30-35,40,65H,6-11,14-26H2,1-2H3,(H2,46,60)(H,47,56)(H,48,58)(H,49,62)(H,50,59)(H,51,61)(H,52,63)(H,55,57)(H2,53,54,64)/t30?,31-,32-,33-,34-,35-,40-/m0/s1. The van der Waals surface area contributed by atoms with Crippen molar-refractivity contribution < 1.29 is 48.4 Å². The molecule has 0 aromatic heterocycles. The Hall–Kier alpha value is -5.44. The third kappa shape index (κ3) is 18.8. The molecule has 4 rings (SSSR count). The number of nitrogens with one attached hydrogen (secondary N) is 9. The van der Waals surface area contributed by atoms with Crippen LogP contribution in [0.4, 0.5) is 4.79 Å². The van der Waals surface area contributed by atoms with Crippen molar-refractivity contribution in [3.63, 3.8) is 0 Å². The predicted octanol–water partition coefficient (Wildman–Crippen LogP) is 0.552.